The number of esters is 3. The van der Waals surface area contributed by atoms with E-state index in [0.717, 1.165) is 96.3 Å². The van der Waals surface area contributed by atoms with E-state index in [0.29, 0.717) is 19.3 Å². The van der Waals surface area contributed by atoms with Gasteiger partial charge in [-0.1, -0.05) is 351 Å². The molecule has 0 fully saturated rings. The van der Waals surface area contributed by atoms with Crippen molar-refractivity contribution in [1.29, 1.82) is 0 Å². The highest BCUT2D eigenvalue weighted by molar-refractivity contribution is 5.71. The van der Waals surface area contributed by atoms with Crippen molar-refractivity contribution >= 4 is 17.9 Å². The maximum absolute atomic E-state index is 13.0. The fourth-order valence-corrected chi connectivity index (χ4v) is 10.5. The van der Waals surface area contributed by atoms with Gasteiger partial charge < -0.3 is 14.2 Å². The van der Waals surface area contributed by atoms with Crippen molar-refractivity contribution in [2.45, 2.75) is 380 Å². The van der Waals surface area contributed by atoms with Crippen molar-refractivity contribution in [1.82, 2.24) is 0 Å². The first-order valence-corrected chi connectivity index (χ1v) is 35.3. The van der Waals surface area contributed by atoms with Crippen LogP contribution in [0.5, 0.6) is 0 Å². The number of rotatable bonds is 65. The minimum Gasteiger partial charge on any atom is -0.462 e. The highest BCUT2D eigenvalue weighted by Gasteiger charge is 2.19. The van der Waals surface area contributed by atoms with Crippen LogP contribution in [0.2, 0.25) is 0 Å². The monoisotopic (exact) mass is 1120 g/mol. The molecule has 0 heterocycles. The number of carbonyl (C=O) groups excluding carboxylic acids is 3. The van der Waals surface area contributed by atoms with Gasteiger partial charge in [-0.25, -0.2) is 0 Å². The van der Waals surface area contributed by atoms with Crippen molar-refractivity contribution in [2.24, 2.45) is 0 Å². The van der Waals surface area contributed by atoms with E-state index in [2.05, 4.69) is 81.5 Å². The second-order valence-corrected chi connectivity index (χ2v) is 23.8. The minimum absolute atomic E-state index is 0.0721. The van der Waals surface area contributed by atoms with Gasteiger partial charge in [0.2, 0.25) is 0 Å². The number of ether oxygens (including phenoxy) is 3. The lowest BCUT2D eigenvalue weighted by atomic mass is 10.0. The molecule has 6 heteroatoms. The van der Waals surface area contributed by atoms with Gasteiger partial charge in [0.15, 0.2) is 6.10 Å². The fraction of sp³-hybridized carbons (Fsp3) is 0.824. The number of allylic oxidation sites excluding steroid dienone is 10. The smallest absolute Gasteiger partial charge is 0.306 e. The average molecular weight is 1120 g/mol. The molecule has 0 radical (unpaired) electrons. The zero-order chi connectivity index (χ0) is 57.8. The molecular weight excluding hydrogens is 985 g/mol. The van der Waals surface area contributed by atoms with Crippen molar-refractivity contribution in [2.75, 3.05) is 13.2 Å². The molecule has 0 aromatic rings. The van der Waals surface area contributed by atoms with Crippen LogP contribution >= 0.6 is 0 Å². The van der Waals surface area contributed by atoms with E-state index in [4.69, 9.17) is 14.2 Å². The van der Waals surface area contributed by atoms with Gasteiger partial charge in [0.25, 0.3) is 0 Å². The summed E-state index contributed by atoms with van der Waals surface area (Å²) in [5, 5.41) is 0. The number of hydrogen-bond acceptors (Lipinski definition) is 6. The van der Waals surface area contributed by atoms with Gasteiger partial charge in [0.1, 0.15) is 13.2 Å². The molecule has 0 saturated carbocycles. The Bertz CT molecular complexity index is 1430. The minimum atomic E-state index is -0.778. The maximum atomic E-state index is 13.0. The van der Waals surface area contributed by atoms with E-state index >= 15 is 0 Å². The fourth-order valence-electron chi connectivity index (χ4n) is 10.5. The van der Waals surface area contributed by atoms with Crippen LogP contribution in [0, 0.1) is 0 Å². The molecular formula is C74H134O6. The van der Waals surface area contributed by atoms with Gasteiger partial charge >= 0.3 is 17.9 Å². The number of hydrogen-bond donors (Lipinski definition) is 0. The van der Waals surface area contributed by atoms with E-state index in [1.54, 1.807) is 0 Å². The first-order chi connectivity index (χ1) is 39.5. The highest BCUT2D eigenvalue weighted by Crippen LogP contribution is 2.18. The first kappa shape index (κ1) is 77.1. The topological polar surface area (TPSA) is 78.9 Å². The standard InChI is InChI=1S/C74H134O6/c1-4-7-10-13-16-19-22-25-28-31-34-36-37-38-41-43-46-49-52-55-58-61-64-67-73(76)79-70-71(69-78-72(75)66-63-60-57-54-51-48-45-42-39-33-30-27-24-21-18-15-12-9-6-3)80-74(77)68-65-62-59-56-53-50-47-44-40-35-32-29-26-23-20-17-14-11-8-5-2/h7,10,16,19,25,28,34,36,38,41,71H,4-6,8-9,11-15,17-18,20-24,26-27,29-33,35,37,39-40,42-70H2,1-3H3/b10-7-,19-16-,28-25-,36-34-,41-38-. The summed E-state index contributed by atoms with van der Waals surface area (Å²) in [6, 6.07) is 0. The molecule has 1 atom stereocenters. The quantitative estimate of drug-likeness (QED) is 0.0261. The molecule has 80 heavy (non-hydrogen) atoms. The molecule has 466 valence electrons. The SMILES string of the molecule is CC/C=C\C/C=C\C/C=C\C/C=C\C/C=C\CCCCCCCCCC(=O)OCC(COC(=O)CCCCCCCCCCCCCCCCCCCCC)OC(=O)CCCCCCCCCCCCCCCCCCCCCC. The zero-order valence-corrected chi connectivity index (χ0v) is 53.6. The summed E-state index contributed by atoms with van der Waals surface area (Å²) in [5.74, 6) is -0.855. The van der Waals surface area contributed by atoms with Crippen LogP contribution in [-0.2, 0) is 28.6 Å². The van der Waals surface area contributed by atoms with Gasteiger partial charge in [-0.2, -0.15) is 0 Å². The Kier molecular flexibility index (Phi) is 66.1. The second-order valence-electron chi connectivity index (χ2n) is 23.8. The molecule has 6 nitrogen and oxygen atoms in total. The molecule has 0 bridgehead atoms. The molecule has 1 unspecified atom stereocenters. The lowest BCUT2D eigenvalue weighted by Crippen LogP contribution is -2.30. The molecule has 0 saturated heterocycles. The molecule has 0 amide bonds. The molecule has 0 aromatic carbocycles. The lowest BCUT2D eigenvalue weighted by Gasteiger charge is -2.18. The van der Waals surface area contributed by atoms with Crippen LogP contribution in [-0.4, -0.2) is 37.2 Å². The first-order valence-electron chi connectivity index (χ1n) is 35.3. The largest absolute Gasteiger partial charge is 0.462 e. The van der Waals surface area contributed by atoms with E-state index in [1.807, 2.05) is 0 Å². The van der Waals surface area contributed by atoms with Crippen LogP contribution in [0.25, 0.3) is 0 Å². The second kappa shape index (κ2) is 68.6. The third-order valence-electron chi connectivity index (χ3n) is 15.8. The van der Waals surface area contributed by atoms with Gasteiger partial charge in [0.05, 0.1) is 0 Å². The van der Waals surface area contributed by atoms with Crippen LogP contribution < -0.4 is 0 Å². The molecule has 0 aliphatic carbocycles. The van der Waals surface area contributed by atoms with E-state index in [9.17, 15) is 14.4 Å². The van der Waals surface area contributed by atoms with E-state index in [1.165, 1.54) is 238 Å². The van der Waals surface area contributed by atoms with E-state index in [-0.39, 0.29) is 31.1 Å². The predicted octanol–water partition coefficient (Wildman–Crippen LogP) is 24.3. The summed E-state index contributed by atoms with van der Waals surface area (Å²) in [4.78, 5) is 38.5. The van der Waals surface area contributed by atoms with Crippen molar-refractivity contribution in [3.05, 3.63) is 60.8 Å². The average Bonchev–Trinajstić information content (AvgIpc) is 3.46. The summed E-state index contributed by atoms with van der Waals surface area (Å²) in [5.41, 5.74) is 0. The third-order valence-corrected chi connectivity index (χ3v) is 15.8. The Morgan fingerprint density at radius 2 is 0.487 bits per heavy atom. The highest BCUT2D eigenvalue weighted by atomic mass is 16.6. The lowest BCUT2D eigenvalue weighted by molar-refractivity contribution is -0.167. The van der Waals surface area contributed by atoms with Gasteiger partial charge in [-0.3, -0.25) is 14.4 Å². The van der Waals surface area contributed by atoms with Gasteiger partial charge in [-0.15, -0.1) is 0 Å². The van der Waals surface area contributed by atoms with Gasteiger partial charge in [-0.05, 0) is 64.2 Å². The van der Waals surface area contributed by atoms with Crippen molar-refractivity contribution < 1.29 is 28.6 Å². The van der Waals surface area contributed by atoms with Crippen molar-refractivity contribution in [3.63, 3.8) is 0 Å². The van der Waals surface area contributed by atoms with Crippen molar-refractivity contribution in [3.8, 4) is 0 Å². The number of carbonyl (C=O) groups is 3. The summed E-state index contributed by atoms with van der Waals surface area (Å²) < 4.78 is 17.0. The summed E-state index contributed by atoms with van der Waals surface area (Å²) in [6.45, 7) is 6.59. The van der Waals surface area contributed by atoms with Crippen LogP contribution in [0.1, 0.15) is 374 Å². The maximum Gasteiger partial charge on any atom is 0.306 e. The molecule has 0 aliphatic heterocycles. The molecule has 0 spiro atoms. The Morgan fingerprint density at radius 3 is 0.762 bits per heavy atom. The van der Waals surface area contributed by atoms with Crippen LogP contribution in [0.15, 0.2) is 60.8 Å². The molecule has 0 rings (SSSR count). The normalized spacial score (nSPS) is 12.4. The molecule has 0 N–H and O–H groups in total. The Morgan fingerprint density at radius 1 is 0.263 bits per heavy atom. The van der Waals surface area contributed by atoms with E-state index < -0.39 is 6.10 Å². The van der Waals surface area contributed by atoms with Crippen LogP contribution in [0.4, 0.5) is 0 Å². The predicted molar refractivity (Wildman–Crippen MR) is 348 cm³/mol. The van der Waals surface area contributed by atoms with Crippen LogP contribution in [0.3, 0.4) is 0 Å². The Labute approximate surface area is 498 Å². The Hall–Kier alpha value is -2.89. The molecule has 0 aliphatic rings. The Balaban J connectivity index is 4.35. The summed E-state index contributed by atoms with van der Waals surface area (Å²) in [6.07, 6.45) is 88.1. The summed E-state index contributed by atoms with van der Waals surface area (Å²) >= 11 is 0. The summed E-state index contributed by atoms with van der Waals surface area (Å²) in [7, 11) is 0. The van der Waals surface area contributed by atoms with Gasteiger partial charge in [0, 0.05) is 19.3 Å². The zero-order valence-electron chi connectivity index (χ0n) is 53.6. The molecule has 0 aromatic heterocycles. The number of unbranched alkanes of at least 4 members (excludes halogenated alkanes) is 44. The third kappa shape index (κ3) is 65.9.